The van der Waals surface area contributed by atoms with Crippen LogP contribution in [-0.4, -0.2) is 19.0 Å². The molecule has 0 bridgehead atoms. The lowest BCUT2D eigenvalue weighted by atomic mass is 10.2. The third-order valence-corrected chi connectivity index (χ3v) is 2.82. The highest BCUT2D eigenvalue weighted by Gasteiger charge is 2.11. The number of para-hydroxylation sites is 1. The van der Waals surface area contributed by atoms with Crippen molar-refractivity contribution in [1.29, 1.82) is 0 Å². The molecule has 0 aliphatic heterocycles. The van der Waals surface area contributed by atoms with E-state index >= 15 is 0 Å². The van der Waals surface area contributed by atoms with Gasteiger partial charge in [0.1, 0.15) is 5.58 Å². The molecule has 0 saturated heterocycles. The van der Waals surface area contributed by atoms with Crippen LogP contribution in [0.5, 0.6) is 0 Å². The van der Waals surface area contributed by atoms with Crippen LogP contribution in [0.4, 0.5) is 0 Å². The molecule has 2 rings (SSSR count). The van der Waals surface area contributed by atoms with Crippen molar-refractivity contribution in [2.45, 2.75) is 26.2 Å². The Morgan fingerprint density at radius 1 is 1.28 bits per heavy atom. The number of hydrogen-bond donors (Lipinski definition) is 0. The van der Waals surface area contributed by atoms with Crippen LogP contribution in [0.25, 0.3) is 11.0 Å². The number of furan rings is 1. The minimum absolute atomic E-state index is 0.00250. The number of rotatable bonds is 7. The summed E-state index contributed by atoms with van der Waals surface area (Å²) in [5, 5.41) is 0.966. The fraction of sp³-hybridized carbons (Fsp3) is 0.400. The Balaban J connectivity index is 1.88. The standard InChI is InChI=1S/C15H18O3/c1-2-3-9-17-10-8-13(16)15-11-12-6-4-5-7-14(12)18-15/h4-7,11H,2-3,8-10H2,1H3. The molecule has 0 aliphatic rings. The van der Waals surface area contributed by atoms with E-state index in [1.807, 2.05) is 24.3 Å². The summed E-state index contributed by atoms with van der Waals surface area (Å²) in [5.41, 5.74) is 0.757. The van der Waals surface area contributed by atoms with Crippen LogP contribution in [0.15, 0.2) is 34.7 Å². The van der Waals surface area contributed by atoms with E-state index in [2.05, 4.69) is 6.92 Å². The molecule has 1 aromatic carbocycles. The largest absolute Gasteiger partial charge is 0.453 e. The Hall–Kier alpha value is -1.61. The zero-order valence-corrected chi connectivity index (χ0v) is 10.6. The molecule has 0 spiro atoms. The predicted octanol–water partition coefficient (Wildman–Crippen LogP) is 3.82. The van der Waals surface area contributed by atoms with Crippen molar-refractivity contribution in [3.8, 4) is 0 Å². The van der Waals surface area contributed by atoms with Gasteiger partial charge in [-0.05, 0) is 18.6 Å². The van der Waals surface area contributed by atoms with E-state index in [0.717, 1.165) is 30.4 Å². The number of ether oxygens (including phenoxy) is 1. The molecule has 0 aliphatic carbocycles. The maximum Gasteiger partial charge on any atom is 0.200 e. The van der Waals surface area contributed by atoms with Gasteiger partial charge in [-0.15, -0.1) is 0 Å². The van der Waals surface area contributed by atoms with Gasteiger partial charge in [-0.3, -0.25) is 4.79 Å². The van der Waals surface area contributed by atoms with Crippen LogP contribution >= 0.6 is 0 Å². The Bertz CT molecular complexity index is 480. The molecule has 1 aromatic heterocycles. The molecule has 0 radical (unpaired) electrons. The molecule has 0 amide bonds. The topological polar surface area (TPSA) is 39.4 Å². The molecule has 0 atom stereocenters. The zero-order chi connectivity index (χ0) is 12.8. The molecule has 0 N–H and O–H groups in total. The van der Waals surface area contributed by atoms with Gasteiger partial charge in [-0.1, -0.05) is 31.5 Å². The number of carbonyl (C=O) groups excluding carboxylic acids is 1. The lowest BCUT2D eigenvalue weighted by Crippen LogP contribution is -2.04. The number of benzene rings is 1. The summed E-state index contributed by atoms with van der Waals surface area (Å²) < 4.78 is 10.9. The number of unbranched alkanes of at least 4 members (excludes halogenated alkanes) is 1. The third kappa shape index (κ3) is 3.20. The van der Waals surface area contributed by atoms with Crippen LogP contribution in [0.2, 0.25) is 0 Å². The minimum Gasteiger partial charge on any atom is -0.453 e. The van der Waals surface area contributed by atoms with Gasteiger partial charge >= 0.3 is 0 Å². The molecule has 0 unspecified atom stereocenters. The molecule has 0 fully saturated rings. The van der Waals surface area contributed by atoms with Crippen LogP contribution in [0.3, 0.4) is 0 Å². The van der Waals surface area contributed by atoms with Gasteiger partial charge in [0.2, 0.25) is 0 Å². The van der Waals surface area contributed by atoms with E-state index in [-0.39, 0.29) is 5.78 Å². The maximum absolute atomic E-state index is 11.9. The van der Waals surface area contributed by atoms with Crippen molar-refractivity contribution in [1.82, 2.24) is 0 Å². The van der Waals surface area contributed by atoms with Gasteiger partial charge in [0.25, 0.3) is 0 Å². The number of Topliss-reactive ketones (excluding diaryl/α,β-unsaturated/α-hetero) is 1. The maximum atomic E-state index is 11.9. The summed E-state index contributed by atoms with van der Waals surface area (Å²) in [4.78, 5) is 11.9. The molecule has 3 nitrogen and oxygen atoms in total. The van der Waals surface area contributed by atoms with E-state index in [1.165, 1.54) is 0 Å². The van der Waals surface area contributed by atoms with Crippen LogP contribution in [0.1, 0.15) is 36.7 Å². The first kappa shape index (κ1) is 12.8. The fourth-order valence-electron chi connectivity index (χ4n) is 1.76. The third-order valence-electron chi connectivity index (χ3n) is 2.82. The first-order valence-corrected chi connectivity index (χ1v) is 6.41. The van der Waals surface area contributed by atoms with Crippen molar-refractivity contribution in [2.24, 2.45) is 0 Å². The second-order valence-electron chi connectivity index (χ2n) is 4.29. The SMILES string of the molecule is CCCCOCCC(=O)c1cc2ccccc2o1. The molecular weight excluding hydrogens is 228 g/mol. The highest BCUT2D eigenvalue weighted by Crippen LogP contribution is 2.19. The van der Waals surface area contributed by atoms with Gasteiger partial charge in [0, 0.05) is 18.4 Å². The smallest absolute Gasteiger partial charge is 0.200 e. The summed E-state index contributed by atoms with van der Waals surface area (Å²) in [5.74, 6) is 0.429. The molecule has 1 heterocycles. The molecule has 18 heavy (non-hydrogen) atoms. The lowest BCUT2D eigenvalue weighted by molar-refractivity contribution is 0.0851. The molecule has 0 saturated carbocycles. The predicted molar refractivity (Wildman–Crippen MR) is 70.9 cm³/mol. The number of hydrogen-bond acceptors (Lipinski definition) is 3. The summed E-state index contributed by atoms with van der Waals surface area (Å²) in [6, 6.07) is 9.43. The van der Waals surface area contributed by atoms with Crippen molar-refractivity contribution in [3.05, 3.63) is 36.1 Å². The Morgan fingerprint density at radius 2 is 2.11 bits per heavy atom. The van der Waals surface area contributed by atoms with Crippen molar-refractivity contribution >= 4 is 16.8 Å². The first-order chi connectivity index (χ1) is 8.81. The number of ketones is 1. The second kappa shape index (κ2) is 6.36. The average Bonchev–Trinajstić information content (AvgIpc) is 2.82. The average molecular weight is 246 g/mol. The monoisotopic (exact) mass is 246 g/mol. The Labute approximate surface area is 107 Å². The molecule has 2 aromatic rings. The first-order valence-electron chi connectivity index (χ1n) is 6.41. The van der Waals surface area contributed by atoms with Gasteiger partial charge < -0.3 is 9.15 Å². The zero-order valence-electron chi connectivity index (χ0n) is 10.6. The summed E-state index contributed by atoms with van der Waals surface area (Å²) in [6.45, 7) is 3.31. The van der Waals surface area contributed by atoms with Crippen molar-refractivity contribution < 1.29 is 13.9 Å². The summed E-state index contributed by atoms with van der Waals surface area (Å²) in [6.07, 6.45) is 2.53. The van der Waals surface area contributed by atoms with Gasteiger partial charge in [-0.2, -0.15) is 0 Å². The quantitative estimate of drug-likeness (QED) is 0.550. The molecule has 3 heteroatoms. The van der Waals surface area contributed by atoms with Gasteiger partial charge in [0.05, 0.1) is 6.61 Å². The number of carbonyl (C=O) groups is 1. The van der Waals surface area contributed by atoms with Gasteiger partial charge in [-0.25, -0.2) is 0 Å². The lowest BCUT2D eigenvalue weighted by Gasteiger charge is -2.00. The van der Waals surface area contributed by atoms with Crippen molar-refractivity contribution in [2.75, 3.05) is 13.2 Å². The molecular formula is C15H18O3. The summed E-state index contributed by atoms with van der Waals surface area (Å²) in [7, 11) is 0. The van der Waals surface area contributed by atoms with Crippen molar-refractivity contribution in [3.63, 3.8) is 0 Å². The Kier molecular flexibility index (Phi) is 4.53. The Morgan fingerprint density at radius 3 is 2.89 bits per heavy atom. The molecule has 96 valence electrons. The highest BCUT2D eigenvalue weighted by molar-refractivity contribution is 5.97. The summed E-state index contributed by atoms with van der Waals surface area (Å²) >= 11 is 0. The van der Waals surface area contributed by atoms with Crippen LogP contribution in [-0.2, 0) is 4.74 Å². The highest BCUT2D eigenvalue weighted by atomic mass is 16.5. The van der Waals surface area contributed by atoms with Crippen LogP contribution < -0.4 is 0 Å². The van der Waals surface area contributed by atoms with E-state index in [4.69, 9.17) is 9.15 Å². The van der Waals surface area contributed by atoms with E-state index in [0.29, 0.717) is 18.8 Å². The fourth-order valence-corrected chi connectivity index (χ4v) is 1.76. The second-order valence-corrected chi connectivity index (χ2v) is 4.29. The normalized spacial score (nSPS) is 10.9. The van der Waals surface area contributed by atoms with Gasteiger partial charge in [0.15, 0.2) is 11.5 Å². The van der Waals surface area contributed by atoms with E-state index in [9.17, 15) is 4.79 Å². The number of fused-ring (bicyclic) bond motifs is 1. The van der Waals surface area contributed by atoms with E-state index < -0.39 is 0 Å². The van der Waals surface area contributed by atoms with Crippen LogP contribution in [0, 0.1) is 0 Å². The minimum atomic E-state index is 0.00250. The van der Waals surface area contributed by atoms with E-state index in [1.54, 1.807) is 6.07 Å².